The van der Waals surface area contributed by atoms with E-state index >= 15 is 0 Å². The number of nitrogens with one attached hydrogen (secondary N) is 1. The lowest BCUT2D eigenvalue weighted by Crippen LogP contribution is -2.23. The summed E-state index contributed by atoms with van der Waals surface area (Å²) in [6, 6.07) is 12.5. The Kier molecular flexibility index (Phi) is 4.16. The molecule has 22 heavy (non-hydrogen) atoms. The highest BCUT2D eigenvalue weighted by atomic mass is 35.5. The zero-order valence-corrected chi connectivity index (χ0v) is 12.2. The molecular formula is C16H12ClN3O2. The van der Waals surface area contributed by atoms with E-state index in [0.717, 1.165) is 11.3 Å². The number of hydrogen-bond donors (Lipinski definition) is 1. The van der Waals surface area contributed by atoms with Gasteiger partial charge in [0, 0.05) is 17.8 Å². The van der Waals surface area contributed by atoms with Crippen molar-refractivity contribution in [1.29, 1.82) is 0 Å². The van der Waals surface area contributed by atoms with Gasteiger partial charge in [0.05, 0.1) is 22.8 Å². The molecule has 0 aliphatic rings. The Balaban J connectivity index is 1.82. The molecule has 0 saturated heterocycles. The summed E-state index contributed by atoms with van der Waals surface area (Å²) >= 11 is 6.12. The number of hydrogen-bond acceptors (Lipinski definition) is 4. The molecule has 2 aromatic heterocycles. The number of nitrogens with zero attached hydrogens (tertiary/aromatic N) is 2. The molecule has 5 nitrogen and oxygen atoms in total. The second-order valence-electron chi connectivity index (χ2n) is 4.58. The lowest BCUT2D eigenvalue weighted by molar-refractivity contribution is 0.0950. The van der Waals surface area contributed by atoms with Gasteiger partial charge >= 0.3 is 0 Å². The first-order chi connectivity index (χ1) is 10.7. The van der Waals surface area contributed by atoms with Gasteiger partial charge in [0.2, 0.25) is 0 Å². The Morgan fingerprint density at radius 1 is 1.23 bits per heavy atom. The van der Waals surface area contributed by atoms with Crippen molar-refractivity contribution in [3.63, 3.8) is 0 Å². The SMILES string of the molecule is O=C(NCc1ccon1)c1cc(-c2ccccn2)ccc1Cl. The Hall–Kier alpha value is -2.66. The minimum absolute atomic E-state index is 0.272. The normalized spacial score (nSPS) is 10.4. The predicted molar refractivity (Wildman–Crippen MR) is 82.4 cm³/mol. The molecular weight excluding hydrogens is 302 g/mol. The number of benzene rings is 1. The van der Waals surface area contributed by atoms with Crippen LogP contribution in [0.5, 0.6) is 0 Å². The highest BCUT2D eigenvalue weighted by Gasteiger charge is 2.12. The van der Waals surface area contributed by atoms with E-state index in [9.17, 15) is 4.79 Å². The van der Waals surface area contributed by atoms with Crippen molar-refractivity contribution in [2.75, 3.05) is 0 Å². The van der Waals surface area contributed by atoms with Gasteiger partial charge < -0.3 is 9.84 Å². The summed E-state index contributed by atoms with van der Waals surface area (Å²) in [4.78, 5) is 16.5. The van der Waals surface area contributed by atoms with Crippen LogP contribution in [0.2, 0.25) is 5.02 Å². The molecule has 1 amide bonds. The number of rotatable bonds is 4. The van der Waals surface area contributed by atoms with Crippen LogP contribution in [0.4, 0.5) is 0 Å². The third kappa shape index (κ3) is 3.15. The zero-order chi connectivity index (χ0) is 15.4. The fourth-order valence-electron chi connectivity index (χ4n) is 1.99. The van der Waals surface area contributed by atoms with Crippen LogP contribution in [0.3, 0.4) is 0 Å². The molecule has 0 saturated carbocycles. The van der Waals surface area contributed by atoms with Crippen LogP contribution in [0.25, 0.3) is 11.3 Å². The summed E-state index contributed by atoms with van der Waals surface area (Å²) in [5.74, 6) is -0.272. The first-order valence-corrected chi connectivity index (χ1v) is 7.00. The van der Waals surface area contributed by atoms with Crippen molar-refractivity contribution in [2.45, 2.75) is 6.54 Å². The van der Waals surface area contributed by atoms with Gasteiger partial charge in [0.1, 0.15) is 12.0 Å². The van der Waals surface area contributed by atoms with E-state index in [0.29, 0.717) is 16.3 Å². The van der Waals surface area contributed by atoms with Gasteiger partial charge in [-0.3, -0.25) is 9.78 Å². The molecule has 0 bridgehead atoms. The zero-order valence-electron chi connectivity index (χ0n) is 11.5. The van der Waals surface area contributed by atoms with Gasteiger partial charge in [0.25, 0.3) is 5.91 Å². The van der Waals surface area contributed by atoms with Crippen molar-refractivity contribution < 1.29 is 9.32 Å². The highest BCUT2D eigenvalue weighted by Crippen LogP contribution is 2.23. The van der Waals surface area contributed by atoms with Crippen LogP contribution in [0.15, 0.2) is 59.4 Å². The van der Waals surface area contributed by atoms with Crippen molar-refractivity contribution in [2.24, 2.45) is 0 Å². The molecule has 0 aliphatic carbocycles. The maximum Gasteiger partial charge on any atom is 0.253 e. The Morgan fingerprint density at radius 2 is 2.14 bits per heavy atom. The van der Waals surface area contributed by atoms with Crippen LogP contribution >= 0.6 is 11.6 Å². The number of halogens is 1. The molecule has 0 spiro atoms. The minimum Gasteiger partial charge on any atom is -0.364 e. The van der Waals surface area contributed by atoms with Gasteiger partial charge in [-0.05, 0) is 24.3 Å². The number of carbonyl (C=O) groups excluding carboxylic acids is 1. The van der Waals surface area contributed by atoms with Gasteiger partial charge in [-0.1, -0.05) is 28.9 Å². The maximum absolute atomic E-state index is 12.3. The number of carbonyl (C=O) groups is 1. The van der Waals surface area contributed by atoms with E-state index in [1.807, 2.05) is 24.3 Å². The number of aromatic nitrogens is 2. The first-order valence-electron chi connectivity index (χ1n) is 6.62. The summed E-state index contributed by atoms with van der Waals surface area (Å²) < 4.78 is 4.72. The highest BCUT2D eigenvalue weighted by molar-refractivity contribution is 6.34. The smallest absolute Gasteiger partial charge is 0.253 e. The topological polar surface area (TPSA) is 68.0 Å². The largest absolute Gasteiger partial charge is 0.364 e. The molecule has 1 aromatic carbocycles. The minimum atomic E-state index is -0.272. The van der Waals surface area contributed by atoms with E-state index in [1.54, 1.807) is 24.4 Å². The van der Waals surface area contributed by atoms with Crippen LogP contribution < -0.4 is 5.32 Å². The molecule has 3 aromatic rings. The van der Waals surface area contributed by atoms with Crippen LogP contribution in [0.1, 0.15) is 16.1 Å². The fourth-order valence-corrected chi connectivity index (χ4v) is 2.19. The Morgan fingerprint density at radius 3 is 2.86 bits per heavy atom. The summed E-state index contributed by atoms with van der Waals surface area (Å²) in [5, 5.41) is 6.88. The van der Waals surface area contributed by atoms with Crippen LogP contribution in [-0.2, 0) is 6.54 Å². The van der Waals surface area contributed by atoms with Crippen molar-refractivity contribution >= 4 is 17.5 Å². The van der Waals surface area contributed by atoms with Gasteiger partial charge in [0.15, 0.2) is 0 Å². The molecule has 110 valence electrons. The molecule has 0 fully saturated rings. The van der Waals surface area contributed by atoms with Crippen LogP contribution in [-0.4, -0.2) is 16.0 Å². The summed E-state index contributed by atoms with van der Waals surface area (Å²) in [5.41, 5.74) is 2.65. The third-order valence-corrected chi connectivity index (χ3v) is 3.42. The van der Waals surface area contributed by atoms with E-state index < -0.39 is 0 Å². The quantitative estimate of drug-likeness (QED) is 0.802. The molecule has 3 rings (SSSR count). The number of amides is 1. The molecule has 6 heteroatoms. The molecule has 2 heterocycles. The second-order valence-corrected chi connectivity index (χ2v) is 4.99. The van der Waals surface area contributed by atoms with Crippen molar-refractivity contribution in [1.82, 2.24) is 15.5 Å². The summed E-state index contributed by atoms with van der Waals surface area (Å²) in [6.07, 6.45) is 3.16. The van der Waals surface area contributed by atoms with E-state index in [-0.39, 0.29) is 12.5 Å². The molecule has 0 aliphatic heterocycles. The summed E-state index contributed by atoms with van der Waals surface area (Å²) in [6.45, 7) is 0.277. The van der Waals surface area contributed by atoms with Crippen molar-refractivity contribution in [3.05, 3.63) is 71.2 Å². The maximum atomic E-state index is 12.3. The van der Waals surface area contributed by atoms with E-state index in [2.05, 4.69) is 15.5 Å². The Bertz CT molecular complexity index is 773. The Labute approximate surface area is 131 Å². The van der Waals surface area contributed by atoms with E-state index in [1.165, 1.54) is 6.26 Å². The van der Waals surface area contributed by atoms with Gasteiger partial charge in [-0.25, -0.2) is 0 Å². The van der Waals surface area contributed by atoms with E-state index in [4.69, 9.17) is 16.1 Å². The molecule has 0 unspecified atom stereocenters. The third-order valence-electron chi connectivity index (χ3n) is 3.09. The fraction of sp³-hybridized carbons (Fsp3) is 0.0625. The monoisotopic (exact) mass is 313 g/mol. The van der Waals surface area contributed by atoms with Gasteiger partial charge in [-0.15, -0.1) is 0 Å². The predicted octanol–water partition coefficient (Wildman–Crippen LogP) is 3.32. The van der Waals surface area contributed by atoms with Gasteiger partial charge in [-0.2, -0.15) is 0 Å². The number of pyridine rings is 1. The molecule has 1 N–H and O–H groups in total. The lowest BCUT2D eigenvalue weighted by atomic mass is 10.1. The average Bonchev–Trinajstić information content (AvgIpc) is 3.07. The van der Waals surface area contributed by atoms with Crippen LogP contribution in [0, 0.1) is 0 Å². The first kappa shape index (κ1) is 14.3. The molecule has 0 radical (unpaired) electrons. The van der Waals surface area contributed by atoms with Crippen molar-refractivity contribution in [3.8, 4) is 11.3 Å². The summed E-state index contributed by atoms with van der Waals surface area (Å²) in [7, 11) is 0. The lowest BCUT2D eigenvalue weighted by Gasteiger charge is -2.08. The standard InChI is InChI=1S/C16H12ClN3O2/c17-14-5-4-11(15-3-1-2-7-18-15)9-13(14)16(21)19-10-12-6-8-22-20-12/h1-9H,10H2,(H,19,21). The second kappa shape index (κ2) is 6.41. The molecule has 0 atom stereocenters. The average molecular weight is 314 g/mol.